The minimum Gasteiger partial charge on any atom is -0.391 e. The van der Waals surface area contributed by atoms with Crippen LogP contribution in [-0.4, -0.2) is 34.1 Å². The minimum atomic E-state index is -0.342. The fourth-order valence-corrected chi connectivity index (χ4v) is 1.97. The van der Waals surface area contributed by atoms with E-state index in [4.69, 9.17) is 11.6 Å². The molecule has 1 saturated heterocycles. The zero-order valence-corrected chi connectivity index (χ0v) is 9.11. The van der Waals surface area contributed by atoms with Gasteiger partial charge in [0.2, 0.25) is 0 Å². The molecule has 2 heterocycles. The van der Waals surface area contributed by atoms with Crippen LogP contribution >= 0.6 is 11.6 Å². The summed E-state index contributed by atoms with van der Waals surface area (Å²) in [5, 5.41) is 13.5. The number of rotatable bonds is 1. The van der Waals surface area contributed by atoms with E-state index in [1.807, 2.05) is 4.90 Å². The van der Waals surface area contributed by atoms with Gasteiger partial charge in [-0.25, -0.2) is 4.68 Å². The highest BCUT2D eigenvalue weighted by Gasteiger charge is 2.23. The number of hydrogen-bond donors (Lipinski definition) is 1. The van der Waals surface area contributed by atoms with Crippen LogP contribution in [0.2, 0.25) is 5.02 Å². The SMILES string of the molecule is Cn1ncc(N2CC[C@@H](O)C2)c(Cl)c1=O. The van der Waals surface area contributed by atoms with Crippen molar-refractivity contribution in [2.24, 2.45) is 7.05 Å². The molecule has 1 N–H and O–H groups in total. The lowest BCUT2D eigenvalue weighted by molar-refractivity contribution is 0.198. The molecule has 15 heavy (non-hydrogen) atoms. The second kappa shape index (κ2) is 3.83. The molecule has 1 atom stereocenters. The van der Waals surface area contributed by atoms with E-state index in [2.05, 4.69) is 5.10 Å². The standard InChI is InChI=1S/C9H12ClN3O2/c1-12-9(15)8(10)7(4-11-12)13-3-2-6(14)5-13/h4,6,14H,2-3,5H2,1H3/t6-/m1/s1. The highest BCUT2D eigenvalue weighted by Crippen LogP contribution is 2.24. The molecule has 1 aromatic heterocycles. The highest BCUT2D eigenvalue weighted by atomic mass is 35.5. The maximum atomic E-state index is 11.5. The van der Waals surface area contributed by atoms with Gasteiger partial charge in [-0.2, -0.15) is 5.10 Å². The summed E-state index contributed by atoms with van der Waals surface area (Å²) in [5.41, 5.74) is 0.298. The van der Waals surface area contributed by atoms with Crippen LogP contribution < -0.4 is 10.5 Å². The molecule has 1 aliphatic rings. The number of aliphatic hydroxyl groups is 1. The van der Waals surface area contributed by atoms with Gasteiger partial charge in [-0.3, -0.25) is 4.79 Å². The number of β-amino-alcohol motifs (C(OH)–C–C–N with tert-alkyl or cyclic N) is 1. The summed E-state index contributed by atoms with van der Waals surface area (Å²) >= 11 is 5.93. The third kappa shape index (κ3) is 1.85. The normalized spacial score (nSPS) is 21.0. The van der Waals surface area contributed by atoms with E-state index in [1.165, 1.54) is 4.68 Å². The minimum absolute atomic E-state index is 0.168. The van der Waals surface area contributed by atoms with E-state index in [0.717, 1.165) is 0 Å². The first-order chi connectivity index (χ1) is 7.09. The van der Waals surface area contributed by atoms with Gasteiger partial charge in [0.1, 0.15) is 5.02 Å². The molecule has 1 aromatic rings. The third-order valence-electron chi connectivity index (χ3n) is 2.56. The summed E-state index contributed by atoms with van der Waals surface area (Å²) in [4.78, 5) is 13.4. The van der Waals surface area contributed by atoms with E-state index in [9.17, 15) is 9.90 Å². The van der Waals surface area contributed by atoms with Crippen LogP contribution in [0.25, 0.3) is 0 Å². The molecule has 0 saturated carbocycles. The van der Waals surface area contributed by atoms with Gasteiger partial charge in [0.05, 0.1) is 18.0 Å². The van der Waals surface area contributed by atoms with Crippen molar-refractivity contribution >= 4 is 17.3 Å². The molecule has 0 aromatic carbocycles. The Morgan fingerprint density at radius 1 is 1.67 bits per heavy atom. The summed E-state index contributed by atoms with van der Waals surface area (Å²) < 4.78 is 1.19. The molecule has 0 aliphatic carbocycles. The zero-order chi connectivity index (χ0) is 11.0. The van der Waals surface area contributed by atoms with Gasteiger partial charge in [-0.15, -0.1) is 0 Å². The highest BCUT2D eigenvalue weighted by molar-refractivity contribution is 6.33. The predicted octanol–water partition coefficient (Wildman–Crippen LogP) is 0.00470. The summed E-state index contributed by atoms with van der Waals surface area (Å²) in [7, 11) is 1.55. The quantitative estimate of drug-likeness (QED) is 0.737. The number of anilines is 1. The molecule has 2 rings (SSSR count). The summed E-state index contributed by atoms with van der Waals surface area (Å²) in [6.07, 6.45) is 1.91. The third-order valence-corrected chi connectivity index (χ3v) is 2.92. The molecule has 0 spiro atoms. The molecule has 82 valence electrons. The molecule has 0 radical (unpaired) electrons. The topological polar surface area (TPSA) is 58.4 Å². The molecular weight excluding hydrogens is 218 g/mol. The summed E-state index contributed by atoms with van der Waals surface area (Å²) in [6, 6.07) is 0. The van der Waals surface area contributed by atoms with Gasteiger partial charge >= 0.3 is 0 Å². The van der Waals surface area contributed by atoms with Crippen LogP contribution in [0.5, 0.6) is 0 Å². The smallest absolute Gasteiger partial charge is 0.287 e. The lowest BCUT2D eigenvalue weighted by atomic mass is 10.3. The van der Waals surface area contributed by atoms with E-state index >= 15 is 0 Å². The van der Waals surface area contributed by atoms with Crippen LogP contribution in [0.1, 0.15) is 6.42 Å². The van der Waals surface area contributed by atoms with Gasteiger partial charge in [0.25, 0.3) is 5.56 Å². The first-order valence-electron chi connectivity index (χ1n) is 4.74. The number of nitrogens with zero attached hydrogens (tertiary/aromatic N) is 3. The Hall–Kier alpha value is -1.07. The average Bonchev–Trinajstić information content (AvgIpc) is 2.61. The van der Waals surface area contributed by atoms with Crippen molar-refractivity contribution in [3.05, 3.63) is 21.6 Å². The first kappa shape index (κ1) is 10.4. The fourth-order valence-electron chi connectivity index (χ4n) is 1.68. The molecular formula is C9H12ClN3O2. The van der Waals surface area contributed by atoms with Crippen molar-refractivity contribution in [3.63, 3.8) is 0 Å². The molecule has 5 nitrogen and oxygen atoms in total. The second-order valence-electron chi connectivity index (χ2n) is 3.66. The summed E-state index contributed by atoms with van der Waals surface area (Å²) in [5.74, 6) is 0. The Labute approximate surface area is 91.9 Å². The fraction of sp³-hybridized carbons (Fsp3) is 0.556. The van der Waals surface area contributed by atoms with Gasteiger partial charge in [0.15, 0.2) is 0 Å². The monoisotopic (exact) mass is 229 g/mol. The number of aromatic nitrogens is 2. The zero-order valence-electron chi connectivity index (χ0n) is 8.35. The Morgan fingerprint density at radius 2 is 2.40 bits per heavy atom. The van der Waals surface area contributed by atoms with Crippen molar-refractivity contribution in [1.29, 1.82) is 0 Å². The van der Waals surface area contributed by atoms with E-state index in [0.29, 0.717) is 25.2 Å². The van der Waals surface area contributed by atoms with Gasteiger partial charge in [-0.05, 0) is 6.42 Å². The van der Waals surface area contributed by atoms with Crippen LogP contribution in [0.15, 0.2) is 11.0 Å². The Morgan fingerprint density at radius 3 is 3.00 bits per heavy atom. The Kier molecular flexibility index (Phi) is 2.67. The largest absolute Gasteiger partial charge is 0.391 e. The second-order valence-corrected chi connectivity index (χ2v) is 4.04. The molecule has 0 amide bonds. The van der Waals surface area contributed by atoms with Crippen molar-refractivity contribution in [2.75, 3.05) is 18.0 Å². The Balaban J connectivity index is 2.37. The molecule has 1 aliphatic heterocycles. The Bertz CT molecular complexity index is 432. The first-order valence-corrected chi connectivity index (χ1v) is 5.12. The van der Waals surface area contributed by atoms with Crippen molar-refractivity contribution in [3.8, 4) is 0 Å². The average molecular weight is 230 g/mol. The predicted molar refractivity (Wildman–Crippen MR) is 57.3 cm³/mol. The number of halogens is 1. The van der Waals surface area contributed by atoms with E-state index in [-0.39, 0.29) is 16.7 Å². The van der Waals surface area contributed by atoms with E-state index in [1.54, 1.807) is 13.2 Å². The number of hydrogen-bond acceptors (Lipinski definition) is 4. The number of aryl methyl sites for hydroxylation is 1. The molecule has 1 fully saturated rings. The number of aliphatic hydroxyl groups excluding tert-OH is 1. The van der Waals surface area contributed by atoms with Crippen molar-refractivity contribution < 1.29 is 5.11 Å². The van der Waals surface area contributed by atoms with Crippen LogP contribution in [-0.2, 0) is 7.05 Å². The maximum absolute atomic E-state index is 11.5. The maximum Gasteiger partial charge on any atom is 0.287 e. The van der Waals surface area contributed by atoms with Crippen molar-refractivity contribution in [1.82, 2.24) is 9.78 Å². The van der Waals surface area contributed by atoms with Crippen LogP contribution in [0.3, 0.4) is 0 Å². The van der Waals surface area contributed by atoms with Crippen molar-refractivity contribution in [2.45, 2.75) is 12.5 Å². The van der Waals surface area contributed by atoms with E-state index < -0.39 is 0 Å². The van der Waals surface area contributed by atoms with Crippen LogP contribution in [0, 0.1) is 0 Å². The molecule has 0 bridgehead atoms. The van der Waals surface area contributed by atoms with Gasteiger partial charge in [-0.1, -0.05) is 11.6 Å². The molecule has 0 unspecified atom stereocenters. The van der Waals surface area contributed by atoms with Gasteiger partial charge in [0, 0.05) is 20.1 Å². The van der Waals surface area contributed by atoms with Gasteiger partial charge < -0.3 is 10.0 Å². The lowest BCUT2D eigenvalue weighted by Crippen LogP contribution is -2.27. The lowest BCUT2D eigenvalue weighted by Gasteiger charge is -2.18. The molecule has 6 heteroatoms. The van der Waals surface area contributed by atoms with Crippen LogP contribution in [0.4, 0.5) is 5.69 Å². The summed E-state index contributed by atoms with van der Waals surface area (Å²) in [6.45, 7) is 1.21.